The van der Waals surface area contributed by atoms with E-state index in [-0.39, 0.29) is 0 Å². The van der Waals surface area contributed by atoms with Crippen LogP contribution in [0.15, 0.2) is 36.7 Å². The molecule has 0 spiro atoms. The molecule has 1 aromatic carbocycles. The summed E-state index contributed by atoms with van der Waals surface area (Å²) in [5.41, 5.74) is 4.16. The molecule has 1 N–H and O–H groups in total. The van der Waals surface area contributed by atoms with Crippen LogP contribution >= 0.6 is 0 Å². The lowest BCUT2D eigenvalue weighted by Gasteiger charge is -2.03. The van der Waals surface area contributed by atoms with Crippen molar-refractivity contribution in [2.75, 3.05) is 12.4 Å². The van der Waals surface area contributed by atoms with Gasteiger partial charge in [0.2, 0.25) is 0 Å². The Labute approximate surface area is 89.2 Å². The van der Waals surface area contributed by atoms with E-state index in [4.69, 9.17) is 0 Å². The zero-order valence-electron chi connectivity index (χ0n) is 8.86. The lowest BCUT2D eigenvalue weighted by atomic mass is 10.1. The zero-order chi connectivity index (χ0) is 10.7. The first-order valence-corrected chi connectivity index (χ1v) is 4.86. The fourth-order valence-electron chi connectivity index (χ4n) is 1.42. The van der Waals surface area contributed by atoms with Crippen LogP contribution in [-0.2, 0) is 0 Å². The van der Waals surface area contributed by atoms with Gasteiger partial charge in [0.15, 0.2) is 0 Å². The molecule has 0 saturated heterocycles. The molecule has 2 aromatic rings. The van der Waals surface area contributed by atoms with Gasteiger partial charge in [-0.1, -0.05) is 12.1 Å². The van der Waals surface area contributed by atoms with Gasteiger partial charge in [-0.05, 0) is 25.1 Å². The van der Waals surface area contributed by atoms with E-state index < -0.39 is 0 Å². The van der Waals surface area contributed by atoms with Crippen LogP contribution < -0.4 is 5.32 Å². The highest BCUT2D eigenvalue weighted by Crippen LogP contribution is 2.19. The van der Waals surface area contributed by atoms with Crippen molar-refractivity contribution in [1.82, 2.24) is 9.97 Å². The van der Waals surface area contributed by atoms with Gasteiger partial charge in [-0.25, -0.2) is 9.97 Å². The number of nitrogens with zero attached hydrogens (tertiary/aromatic N) is 2. The van der Waals surface area contributed by atoms with Gasteiger partial charge in [-0.15, -0.1) is 0 Å². The van der Waals surface area contributed by atoms with Crippen LogP contribution in [0, 0.1) is 6.92 Å². The molecule has 0 radical (unpaired) electrons. The molecule has 0 saturated carbocycles. The van der Waals surface area contributed by atoms with E-state index in [0.29, 0.717) is 0 Å². The Kier molecular flexibility index (Phi) is 2.63. The normalized spacial score (nSPS) is 10.0. The van der Waals surface area contributed by atoms with E-state index in [2.05, 4.69) is 15.3 Å². The molecular weight excluding hydrogens is 186 g/mol. The zero-order valence-corrected chi connectivity index (χ0v) is 8.86. The minimum atomic E-state index is 0.963. The lowest BCUT2D eigenvalue weighted by Crippen LogP contribution is -1.89. The predicted molar refractivity (Wildman–Crippen MR) is 61.8 cm³/mol. The molecule has 1 aromatic heterocycles. The third kappa shape index (κ3) is 2.13. The number of aromatic nitrogens is 2. The van der Waals surface area contributed by atoms with Crippen molar-refractivity contribution in [1.29, 1.82) is 0 Å². The largest absolute Gasteiger partial charge is 0.388 e. The number of hydrogen-bond acceptors (Lipinski definition) is 3. The standard InChI is InChI=1S/C12H13N3/c1-9-7-12(15-8-14-9)10-3-5-11(13-2)6-4-10/h3-8,13H,1-2H3. The van der Waals surface area contributed by atoms with Crippen molar-refractivity contribution in [2.45, 2.75) is 6.92 Å². The van der Waals surface area contributed by atoms with Crippen LogP contribution in [-0.4, -0.2) is 17.0 Å². The van der Waals surface area contributed by atoms with Crippen LogP contribution in [0.5, 0.6) is 0 Å². The Balaban J connectivity index is 2.37. The van der Waals surface area contributed by atoms with Gasteiger partial charge in [-0.3, -0.25) is 0 Å². The van der Waals surface area contributed by atoms with E-state index in [1.807, 2.05) is 44.3 Å². The van der Waals surface area contributed by atoms with Crippen molar-refractivity contribution in [3.05, 3.63) is 42.4 Å². The highest BCUT2D eigenvalue weighted by atomic mass is 14.8. The second kappa shape index (κ2) is 4.09. The maximum absolute atomic E-state index is 4.23. The Morgan fingerprint density at radius 2 is 1.80 bits per heavy atom. The molecule has 1 heterocycles. The average Bonchev–Trinajstić information content (AvgIpc) is 2.29. The van der Waals surface area contributed by atoms with Crippen LogP contribution in [0.4, 0.5) is 5.69 Å². The fraction of sp³-hybridized carbons (Fsp3) is 0.167. The summed E-state index contributed by atoms with van der Waals surface area (Å²) in [6, 6.07) is 10.1. The fourth-order valence-corrected chi connectivity index (χ4v) is 1.42. The number of anilines is 1. The minimum absolute atomic E-state index is 0.963. The molecule has 0 amide bonds. The minimum Gasteiger partial charge on any atom is -0.388 e. The molecule has 0 aliphatic heterocycles. The van der Waals surface area contributed by atoms with Gasteiger partial charge < -0.3 is 5.32 Å². The van der Waals surface area contributed by atoms with Crippen molar-refractivity contribution in [3.63, 3.8) is 0 Å². The molecule has 76 valence electrons. The first kappa shape index (κ1) is 9.65. The number of nitrogens with one attached hydrogen (secondary N) is 1. The van der Waals surface area contributed by atoms with Crippen LogP contribution in [0.2, 0.25) is 0 Å². The molecule has 0 atom stereocenters. The summed E-state index contributed by atoms with van der Waals surface area (Å²) in [5, 5.41) is 3.08. The van der Waals surface area contributed by atoms with Gasteiger partial charge in [0.25, 0.3) is 0 Å². The second-order valence-corrected chi connectivity index (χ2v) is 3.37. The monoisotopic (exact) mass is 199 g/mol. The van der Waals surface area contributed by atoms with Gasteiger partial charge in [0, 0.05) is 24.0 Å². The smallest absolute Gasteiger partial charge is 0.116 e. The van der Waals surface area contributed by atoms with Crippen LogP contribution in [0.1, 0.15) is 5.69 Å². The molecule has 0 fully saturated rings. The Morgan fingerprint density at radius 1 is 1.07 bits per heavy atom. The van der Waals surface area contributed by atoms with Gasteiger partial charge >= 0.3 is 0 Å². The van der Waals surface area contributed by atoms with Crippen molar-refractivity contribution < 1.29 is 0 Å². The first-order chi connectivity index (χ1) is 7.29. The quantitative estimate of drug-likeness (QED) is 0.807. The van der Waals surface area contributed by atoms with E-state index in [1.165, 1.54) is 0 Å². The van der Waals surface area contributed by atoms with Crippen molar-refractivity contribution >= 4 is 5.69 Å². The summed E-state index contributed by atoms with van der Waals surface area (Å²) < 4.78 is 0. The molecule has 0 aliphatic rings. The van der Waals surface area contributed by atoms with Crippen molar-refractivity contribution in [2.24, 2.45) is 0 Å². The summed E-state index contributed by atoms with van der Waals surface area (Å²) in [6.07, 6.45) is 1.59. The van der Waals surface area contributed by atoms with E-state index in [1.54, 1.807) is 6.33 Å². The summed E-state index contributed by atoms with van der Waals surface area (Å²) in [5.74, 6) is 0. The molecule has 3 heteroatoms. The highest BCUT2D eigenvalue weighted by molar-refractivity contribution is 5.62. The number of hydrogen-bond donors (Lipinski definition) is 1. The number of benzene rings is 1. The molecule has 15 heavy (non-hydrogen) atoms. The summed E-state index contributed by atoms with van der Waals surface area (Å²) in [6.45, 7) is 1.97. The summed E-state index contributed by atoms with van der Waals surface area (Å²) >= 11 is 0. The Bertz CT molecular complexity index is 449. The number of rotatable bonds is 2. The van der Waals surface area contributed by atoms with E-state index in [9.17, 15) is 0 Å². The van der Waals surface area contributed by atoms with Gasteiger partial charge in [0.05, 0.1) is 5.69 Å². The molecular formula is C12H13N3. The second-order valence-electron chi connectivity index (χ2n) is 3.37. The third-order valence-electron chi connectivity index (χ3n) is 2.27. The molecule has 2 rings (SSSR count). The van der Waals surface area contributed by atoms with Gasteiger partial charge in [0.1, 0.15) is 6.33 Å². The Morgan fingerprint density at radius 3 is 2.40 bits per heavy atom. The summed E-state index contributed by atoms with van der Waals surface area (Å²) in [7, 11) is 1.91. The molecule has 3 nitrogen and oxygen atoms in total. The topological polar surface area (TPSA) is 37.8 Å². The maximum Gasteiger partial charge on any atom is 0.116 e. The SMILES string of the molecule is CNc1ccc(-c2cc(C)ncn2)cc1. The lowest BCUT2D eigenvalue weighted by molar-refractivity contribution is 1.11. The third-order valence-corrected chi connectivity index (χ3v) is 2.27. The number of aryl methyl sites for hydroxylation is 1. The molecule has 0 bridgehead atoms. The first-order valence-electron chi connectivity index (χ1n) is 4.86. The van der Waals surface area contributed by atoms with Crippen LogP contribution in [0.25, 0.3) is 11.3 Å². The van der Waals surface area contributed by atoms with Gasteiger partial charge in [-0.2, -0.15) is 0 Å². The average molecular weight is 199 g/mol. The highest BCUT2D eigenvalue weighted by Gasteiger charge is 1.99. The van der Waals surface area contributed by atoms with E-state index in [0.717, 1.165) is 22.6 Å². The maximum atomic E-state index is 4.23. The summed E-state index contributed by atoms with van der Waals surface area (Å²) in [4.78, 5) is 8.31. The predicted octanol–water partition coefficient (Wildman–Crippen LogP) is 2.49. The van der Waals surface area contributed by atoms with E-state index >= 15 is 0 Å². The molecule has 0 aliphatic carbocycles. The van der Waals surface area contributed by atoms with Crippen LogP contribution in [0.3, 0.4) is 0 Å². The Hall–Kier alpha value is -1.90. The van der Waals surface area contributed by atoms with Crippen molar-refractivity contribution in [3.8, 4) is 11.3 Å². The molecule has 0 unspecified atom stereocenters.